The minimum atomic E-state index is -3.29. The number of fused-ring (bicyclic) bond motifs is 2. The van der Waals surface area contributed by atoms with Crippen LogP contribution >= 0.6 is 0 Å². The van der Waals surface area contributed by atoms with Crippen LogP contribution in [0.5, 0.6) is 0 Å². The van der Waals surface area contributed by atoms with E-state index in [-0.39, 0.29) is 18.6 Å². The van der Waals surface area contributed by atoms with Gasteiger partial charge in [0, 0.05) is 13.0 Å². The van der Waals surface area contributed by atoms with Crippen LogP contribution in [0.3, 0.4) is 0 Å². The molecule has 2 bridgehead atoms. The molecule has 18 heavy (non-hydrogen) atoms. The Hall–Kier alpha value is -0.620. The summed E-state index contributed by atoms with van der Waals surface area (Å²) in [5, 5.41) is 8.47. The number of carboxylic acids is 1. The molecular weight excluding hydrogens is 254 g/mol. The average Bonchev–Trinajstić information content (AvgIpc) is 2.87. The van der Waals surface area contributed by atoms with E-state index >= 15 is 0 Å². The second-order valence-electron chi connectivity index (χ2n) is 5.60. The van der Waals surface area contributed by atoms with Gasteiger partial charge in [0.1, 0.15) is 0 Å². The Morgan fingerprint density at radius 3 is 2.61 bits per heavy atom. The third kappa shape index (κ3) is 3.68. The molecule has 3 unspecified atom stereocenters. The Kier molecular flexibility index (Phi) is 4.27. The molecule has 2 rings (SSSR count). The van der Waals surface area contributed by atoms with Crippen molar-refractivity contribution in [2.45, 2.75) is 38.5 Å². The number of rotatable bonds is 7. The number of nitrogens with one attached hydrogen (secondary N) is 1. The minimum absolute atomic E-state index is 0.0832. The summed E-state index contributed by atoms with van der Waals surface area (Å²) >= 11 is 0. The molecule has 0 saturated heterocycles. The van der Waals surface area contributed by atoms with Crippen LogP contribution in [0.2, 0.25) is 0 Å². The highest BCUT2D eigenvalue weighted by molar-refractivity contribution is 7.89. The Bertz CT molecular complexity index is 406. The van der Waals surface area contributed by atoms with Gasteiger partial charge in [-0.2, -0.15) is 0 Å². The normalized spacial score (nSPS) is 30.8. The van der Waals surface area contributed by atoms with Gasteiger partial charge in [-0.25, -0.2) is 13.1 Å². The molecule has 0 radical (unpaired) electrons. The van der Waals surface area contributed by atoms with Gasteiger partial charge in [-0.05, 0) is 43.4 Å². The minimum Gasteiger partial charge on any atom is -0.481 e. The lowest BCUT2D eigenvalue weighted by Gasteiger charge is -2.21. The number of hydrogen-bond acceptors (Lipinski definition) is 3. The van der Waals surface area contributed by atoms with Crippen LogP contribution in [0.4, 0.5) is 0 Å². The fourth-order valence-electron chi connectivity index (χ4n) is 3.35. The molecule has 0 amide bonds. The van der Waals surface area contributed by atoms with Gasteiger partial charge in [0.05, 0.1) is 5.75 Å². The molecule has 2 N–H and O–H groups in total. The Labute approximate surface area is 108 Å². The van der Waals surface area contributed by atoms with Crippen LogP contribution < -0.4 is 4.72 Å². The van der Waals surface area contributed by atoms with E-state index in [1.807, 2.05) is 0 Å². The lowest BCUT2D eigenvalue weighted by Crippen LogP contribution is -2.33. The average molecular weight is 275 g/mol. The van der Waals surface area contributed by atoms with Crippen LogP contribution in [-0.4, -0.2) is 31.8 Å². The van der Waals surface area contributed by atoms with E-state index in [0.29, 0.717) is 18.4 Å². The van der Waals surface area contributed by atoms with E-state index in [1.54, 1.807) is 0 Å². The molecule has 0 aromatic rings. The van der Waals surface area contributed by atoms with Crippen LogP contribution in [-0.2, 0) is 14.8 Å². The molecule has 0 aliphatic heterocycles. The molecule has 104 valence electrons. The van der Waals surface area contributed by atoms with Crippen LogP contribution in [0, 0.1) is 17.8 Å². The van der Waals surface area contributed by atoms with Gasteiger partial charge in [0.15, 0.2) is 0 Å². The monoisotopic (exact) mass is 275 g/mol. The molecule has 3 atom stereocenters. The summed E-state index contributed by atoms with van der Waals surface area (Å²) in [4.78, 5) is 10.3. The standard InChI is InChI=1S/C12H21NO4S/c14-12(15)2-1-5-18(16,17)13-8-11-7-9-3-4-10(11)6-9/h9-11,13H,1-8H2,(H,14,15). The van der Waals surface area contributed by atoms with Gasteiger partial charge in [-0.1, -0.05) is 6.42 Å². The largest absolute Gasteiger partial charge is 0.481 e. The summed E-state index contributed by atoms with van der Waals surface area (Å²) in [5.41, 5.74) is 0. The van der Waals surface area contributed by atoms with E-state index in [9.17, 15) is 13.2 Å². The second kappa shape index (κ2) is 5.57. The summed E-state index contributed by atoms with van der Waals surface area (Å²) in [6, 6.07) is 0. The summed E-state index contributed by atoms with van der Waals surface area (Å²) in [5.74, 6) is 0.990. The number of hydrogen-bond donors (Lipinski definition) is 2. The van der Waals surface area contributed by atoms with Gasteiger partial charge in [-0.15, -0.1) is 0 Å². The van der Waals surface area contributed by atoms with E-state index in [4.69, 9.17) is 5.11 Å². The number of carbonyl (C=O) groups is 1. The lowest BCUT2D eigenvalue weighted by molar-refractivity contribution is -0.137. The quantitative estimate of drug-likeness (QED) is 0.731. The van der Waals surface area contributed by atoms with Crippen LogP contribution in [0.1, 0.15) is 38.5 Å². The van der Waals surface area contributed by atoms with Crippen molar-refractivity contribution >= 4 is 16.0 Å². The van der Waals surface area contributed by atoms with Crippen molar-refractivity contribution in [3.8, 4) is 0 Å². The predicted molar refractivity (Wildman–Crippen MR) is 67.6 cm³/mol. The molecule has 0 spiro atoms. The van der Waals surface area contributed by atoms with Gasteiger partial charge in [0.25, 0.3) is 0 Å². The van der Waals surface area contributed by atoms with Crippen molar-refractivity contribution in [3.05, 3.63) is 0 Å². The maximum absolute atomic E-state index is 11.7. The first-order valence-electron chi connectivity index (χ1n) is 6.65. The molecule has 2 fully saturated rings. The first-order chi connectivity index (χ1) is 8.46. The van der Waals surface area contributed by atoms with Crippen molar-refractivity contribution in [3.63, 3.8) is 0 Å². The molecule has 0 aromatic heterocycles. The summed E-state index contributed by atoms with van der Waals surface area (Å²) < 4.78 is 26.0. The van der Waals surface area contributed by atoms with Crippen molar-refractivity contribution in [2.75, 3.05) is 12.3 Å². The molecule has 0 aromatic carbocycles. The third-order valence-electron chi connectivity index (χ3n) is 4.25. The van der Waals surface area contributed by atoms with E-state index in [2.05, 4.69) is 4.72 Å². The highest BCUT2D eigenvalue weighted by Crippen LogP contribution is 2.47. The topological polar surface area (TPSA) is 83.5 Å². The van der Waals surface area contributed by atoms with Crippen molar-refractivity contribution < 1.29 is 18.3 Å². The van der Waals surface area contributed by atoms with E-state index in [0.717, 1.165) is 12.3 Å². The van der Waals surface area contributed by atoms with E-state index < -0.39 is 16.0 Å². The fraction of sp³-hybridized carbons (Fsp3) is 0.917. The molecule has 6 heteroatoms. The Morgan fingerprint density at radius 1 is 1.28 bits per heavy atom. The molecule has 2 aliphatic carbocycles. The smallest absolute Gasteiger partial charge is 0.303 e. The Morgan fingerprint density at radius 2 is 2.06 bits per heavy atom. The SMILES string of the molecule is O=C(O)CCCS(=O)(=O)NCC1CC2CCC1C2. The predicted octanol–water partition coefficient (Wildman–Crippen LogP) is 1.21. The molecular formula is C12H21NO4S. The highest BCUT2D eigenvalue weighted by atomic mass is 32.2. The van der Waals surface area contributed by atoms with Gasteiger partial charge >= 0.3 is 5.97 Å². The zero-order chi connectivity index (χ0) is 13.2. The number of aliphatic carboxylic acids is 1. The highest BCUT2D eigenvalue weighted by Gasteiger charge is 2.39. The first kappa shape index (κ1) is 13.8. The van der Waals surface area contributed by atoms with Gasteiger partial charge in [-0.3, -0.25) is 4.79 Å². The zero-order valence-corrected chi connectivity index (χ0v) is 11.3. The summed E-state index contributed by atoms with van der Waals surface area (Å²) in [6.07, 6.45) is 5.08. The molecule has 2 saturated carbocycles. The third-order valence-corrected chi connectivity index (χ3v) is 5.69. The second-order valence-corrected chi connectivity index (χ2v) is 7.53. The van der Waals surface area contributed by atoms with Gasteiger partial charge in [0.2, 0.25) is 10.0 Å². The lowest BCUT2D eigenvalue weighted by atomic mass is 9.89. The Balaban J connectivity index is 1.70. The van der Waals surface area contributed by atoms with Crippen molar-refractivity contribution in [2.24, 2.45) is 17.8 Å². The van der Waals surface area contributed by atoms with Crippen molar-refractivity contribution in [1.82, 2.24) is 4.72 Å². The fourth-order valence-corrected chi connectivity index (χ4v) is 4.48. The zero-order valence-electron chi connectivity index (χ0n) is 10.5. The van der Waals surface area contributed by atoms with Crippen molar-refractivity contribution in [1.29, 1.82) is 0 Å². The maximum atomic E-state index is 11.7. The maximum Gasteiger partial charge on any atom is 0.303 e. The first-order valence-corrected chi connectivity index (χ1v) is 8.30. The number of sulfonamides is 1. The van der Waals surface area contributed by atoms with Gasteiger partial charge < -0.3 is 5.11 Å². The van der Waals surface area contributed by atoms with E-state index in [1.165, 1.54) is 19.3 Å². The molecule has 0 heterocycles. The number of carboxylic acid groups (broad SMARTS) is 1. The summed E-state index contributed by atoms with van der Waals surface area (Å²) in [7, 11) is -3.29. The van der Waals surface area contributed by atoms with Crippen LogP contribution in [0.15, 0.2) is 0 Å². The molecule has 5 nitrogen and oxygen atoms in total. The molecule has 2 aliphatic rings. The van der Waals surface area contributed by atoms with Crippen LogP contribution in [0.25, 0.3) is 0 Å². The summed E-state index contributed by atoms with van der Waals surface area (Å²) in [6.45, 7) is 0.538.